The van der Waals surface area contributed by atoms with E-state index in [1.54, 1.807) is 6.92 Å². The van der Waals surface area contributed by atoms with Gasteiger partial charge in [0, 0.05) is 39.9 Å². The first-order valence-electron chi connectivity index (χ1n) is 13.3. The summed E-state index contributed by atoms with van der Waals surface area (Å²) in [5.41, 5.74) is -2.50. The van der Waals surface area contributed by atoms with Crippen molar-refractivity contribution in [2.45, 2.75) is 45.2 Å². The molecule has 0 radical (unpaired) electrons. The Kier molecular flexibility index (Phi) is 8.14. The largest absolute Gasteiger partial charge is 0.435 e. The zero-order valence-corrected chi connectivity index (χ0v) is 25.3. The number of amides is 2. The maximum atomic E-state index is 14.0. The summed E-state index contributed by atoms with van der Waals surface area (Å²) in [7, 11) is 1.44. The number of alkyl halides is 6. The summed E-state index contributed by atoms with van der Waals surface area (Å²) >= 11 is 2.85. The lowest BCUT2D eigenvalue weighted by Gasteiger charge is -2.34. The zero-order chi connectivity index (χ0) is 33.0. The van der Waals surface area contributed by atoms with Crippen LogP contribution in [-0.4, -0.2) is 49.1 Å². The third-order valence-corrected chi connectivity index (χ3v) is 8.05. The zero-order valence-electron chi connectivity index (χ0n) is 23.7. The number of carbonyl (C=O) groups is 2. The number of aromatic nitrogens is 4. The molecule has 0 fully saturated rings. The van der Waals surface area contributed by atoms with Crippen molar-refractivity contribution in [1.82, 2.24) is 29.5 Å². The number of benzene rings is 2. The van der Waals surface area contributed by atoms with Crippen LogP contribution >= 0.6 is 15.9 Å². The van der Waals surface area contributed by atoms with Crippen LogP contribution in [0.5, 0.6) is 0 Å². The van der Waals surface area contributed by atoms with Gasteiger partial charge in [0.2, 0.25) is 5.95 Å². The van der Waals surface area contributed by atoms with E-state index in [1.807, 2.05) is 0 Å². The number of carbonyl (C=O) groups excluding carboxylic acids is 2. The number of rotatable bonds is 4. The molecule has 1 aliphatic heterocycles. The van der Waals surface area contributed by atoms with E-state index in [9.17, 15) is 40.7 Å². The minimum absolute atomic E-state index is 0.00319. The SMILES string of the molecule is CNC(=O)c1ccc(-n2c(-n3nc(C(F)(F)F)cc3C)nc3c(c2=O)CC(C)N(C(=O)c2ccc(Br)c(C(F)(F)F)c2)C3)cc1. The molecule has 3 heterocycles. The first-order chi connectivity index (χ1) is 21.0. The number of halogens is 7. The van der Waals surface area contributed by atoms with Gasteiger partial charge in [0.05, 0.1) is 23.5 Å². The molecule has 9 nitrogen and oxygen atoms in total. The highest BCUT2D eigenvalue weighted by Gasteiger charge is 2.38. The lowest BCUT2D eigenvalue weighted by atomic mass is 9.98. The second-order valence-electron chi connectivity index (χ2n) is 10.4. The van der Waals surface area contributed by atoms with Gasteiger partial charge in [-0.3, -0.25) is 14.4 Å². The minimum atomic E-state index is -4.80. The first-order valence-corrected chi connectivity index (χ1v) is 14.1. The van der Waals surface area contributed by atoms with Crippen molar-refractivity contribution in [3.8, 4) is 11.6 Å². The van der Waals surface area contributed by atoms with Gasteiger partial charge in [0.25, 0.3) is 17.4 Å². The molecular weight excluding hydrogens is 674 g/mol. The molecule has 1 unspecified atom stereocenters. The van der Waals surface area contributed by atoms with Gasteiger partial charge in [-0.15, -0.1) is 0 Å². The van der Waals surface area contributed by atoms with Crippen molar-refractivity contribution < 1.29 is 35.9 Å². The van der Waals surface area contributed by atoms with Crippen molar-refractivity contribution in [2.24, 2.45) is 0 Å². The fraction of sp³-hybridized carbons (Fsp3) is 0.276. The summed E-state index contributed by atoms with van der Waals surface area (Å²) in [4.78, 5) is 45.3. The smallest absolute Gasteiger partial charge is 0.355 e. The van der Waals surface area contributed by atoms with Gasteiger partial charge in [0.15, 0.2) is 5.69 Å². The highest BCUT2D eigenvalue weighted by molar-refractivity contribution is 9.10. The third kappa shape index (κ3) is 5.98. The van der Waals surface area contributed by atoms with E-state index in [2.05, 4.69) is 31.3 Å². The molecule has 0 bridgehead atoms. The monoisotopic (exact) mass is 696 g/mol. The quantitative estimate of drug-likeness (QED) is 0.285. The second-order valence-corrected chi connectivity index (χ2v) is 11.2. The van der Waals surface area contributed by atoms with Crippen LogP contribution in [0.3, 0.4) is 0 Å². The molecule has 1 N–H and O–H groups in total. The van der Waals surface area contributed by atoms with Crippen LogP contribution in [0.25, 0.3) is 11.6 Å². The molecule has 1 atom stereocenters. The Morgan fingerprint density at radius 2 is 1.62 bits per heavy atom. The number of hydrogen-bond donors (Lipinski definition) is 1. The molecule has 4 aromatic rings. The van der Waals surface area contributed by atoms with E-state index in [-0.39, 0.29) is 57.2 Å². The number of nitrogens with one attached hydrogen (secondary N) is 1. The van der Waals surface area contributed by atoms with Crippen LogP contribution in [0.4, 0.5) is 26.3 Å². The van der Waals surface area contributed by atoms with E-state index >= 15 is 0 Å². The molecule has 2 aromatic heterocycles. The Hall–Kier alpha value is -4.47. The van der Waals surface area contributed by atoms with Crippen molar-refractivity contribution in [3.63, 3.8) is 0 Å². The number of aryl methyl sites for hydroxylation is 1. The molecule has 2 amide bonds. The molecule has 2 aromatic carbocycles. The van der Waals surface area contributed by atoms with Crippen LogP contribution in [0, 0.1) is 6.92 Å². The topological polar surface area (TPSA) is 102 Å². The maximum Gasteiger partial charge on any atom is 0.435 e. The van der Waals surface area contributed by atoms with E-state index in [0.717, 1.165) is 27.4 Å². The summed E-state index contributed by atoms with van der Waals surface area (Å²) in [5, 5.41) is 6.12. The van der Waals surface area contributed by atoms with E-state index in [4.69, 9.17) is 0 Å². The highest BCUT2D eigenvalue weighted by Crippen LogP contribution is 2.36. The number of fused-ring (bicyclic) bond motifs is 1. The maximum absolute atomic E-state index is 14.0. The van der Waals surface area contributed by atoms with Crippen molar-refractivity contribution >= 4 is 27.7 Å². The average Bonchev–Trinajstić information content (AvgIpc) is 3.38. The van der Waals surface area contributed by atoms with Crippen molar-refractivity contribution in [2.75, 3.05) is 7.05 Å². The Morgan fingerprint density at radius 1 is 0.978 bits per heavy atom. The second kappa shape index (κ2) is 11.5. The normalized spacial score (nSPS) is 15.2. The molecule has 0 saturated carbocycles. The lowest BCUT2D eigenvalue weighted by Crippen LogP contribution is -2.46. The fourth-order valence-corrected chi connectivity index (χ4v) is 5.53. The van der Waals surface area contributed by atoms with Crippen LogP contribution in [0.2, 0.25) is 0 Å². The minimum Gasteiger partial charge on any atom is -0.355 e. The Labute approximate surface area is 259 Å². The molecule has 0 aliphatic carbocycles. The van der Waals surface area contributed by atoms with Crippen LogP contribution in [0.1, 0.15) is 55.8 Å². The van der Waals surface area contributed by atoms with Gasteiger partial charge >= 0.3 is 12.4 Å². The summed E-state index contributed by atoms with van der Waals surface area (Å²) < 4.78 is 83.0. The van der Waals surface area contributed by atoms with Gasteiger partial charge in [-0.05, 0) is 68.8 Å². The molecule has 0 saturated heterocycles. The summed E-state index contributed by atoms with van der Waals surface area (Å²) in [5.74, 6) is -1.47. The molecule has 45 heavy (non-hydrogen) atoms. The van der Waals surface area contributed by atoms with Crippen LogP contribution in [0.15, 0.2) is 57.8 Å². The average molecular weight is 697 g/mol. The summed E-state index contributed by atoms with van der Waals surface area (Å²) in [6.45, 7) is 2.65. The van der Waals surface area contributed by atoms with E-state index in [0.29, 0.717) is 0 Å². The predicted molar refractivity (Wildman–Crippen MR) is 152 cm³/mol. The summed E-state index contributed by atoms with van der Waals surface area (Å²) in [6, 6.07) is 8.91. The standard InChI is InChI=1S/C29H23BrF6N6O3/c1-14-10-19-22(13-40(14)25(44)17-6-9-21(30)20(12-17)28(31,32)33)38-27(42-15(2)11-23(39-42)29(34,35)36)41(26(19)45)18-7-4-16(5-8-18)24(43)37-3/h4-9,11-12,14H,10,13H2,1-3H3,(H,37,43). The number of hydrogen-bond acceptors (Lipinski definition) is 5. The Balaban J connectivity index is 1.65. The molecular formula is C29H23BrF6N6O3. The fourth-order valence-electron chi connectivity index (χ4n) is 5.06. The van der Waals surface area contributed by atoms with Gasteiger partial charge in [-0.25, -0.2) is 14.2 Å². The van der Waals surface area contributed by atoms with Gasteiger partial charge in [-0.2, -0.15) is 31.4 Å². The van der Waals surface area contributed by atoms with Crippen molar-refractivity contribution in [3.05, 3.63) is 103 Å². The molecule has 0 spiro atoms. The Bertz CT molecular complexity index is 1880. The summed E-state index contributed by atoms with van der Waals surface area (Å²) in [6.07, 6.45) is -9.58. The lowest BCUT2D eigenvalue weighted by molar-refractivity contribution is -0.141. The van der Waals surface area contributed by atoms with Gasteiger partial charge in [0.1, 0.15) is 0 Å². The van der Waals surface area contributed by atoms with Crippen molar-refractivity contribution in [1.29, 1.82) is 0 Å². The van der Waals surface area contributed by atoms with Gasteiger partial charge < -0.3 is 10.2 Å². The highest BCUT2D eigenvalue weighted by atomic mass is 79.9. The third-order valence-electron chi connectivity index (χ3n) is 7.36. The number of nitrogens with zero attached hydrogens (tertiary/aromatic N) is 5. The van der Waals surface area contributed by atoms with Crippen LogP contribution < -0.4 is 10.9 Å². The molecule has 5 rings (SSSR count). The molecule has 16 heteroatoms. The Morgan fingerprint density at radius 3 is 2.20 bits per heavy atom. The predicted octanol–water partition coefficient (Wildman–Crippen LogP) is 5.47. The van der Waals surface area contributed by atoms with E-state index < -0.39 is 47.0 Å². The van der Waals surface area contributed by atoms with Crippen LogP contribution in [-0.2, 0) is 25.3 Å². The molecule has 236 valence electrons. The van der Waals surface area contributed by atoms with Gasteiger partial charge in [-0.1, -0.05) is 15.9 Å². The van der Waals surface area contributed by atoms with E-state index in [1.165, 1.54) is 49.2 Å². The molecule has 1 aliphatic rings. The first kappa shape index (κ1) is 31.9.